The zero-order valence-corrected chi connectivity index (χ0v) is 13.1. The van der Waals surface area contributed by atoms with Crippen LogP contribution in [0.4, 0.5) is 0 Å². The zero-order valence-electron chi connectivity index (χ0n) is 13.1. The summed E-state index contributed by atoms with van der Waals surface area (Å²) < 4.78 is 21.0. The Bertz CT molecular complexity index is 768. The fourth-order valence-corrected chi connectivity index (χ4v) is 2.34. The predicted octanol–water partition coefficient (Wildman–Crippen LogP) is 2.51. The maximum atomic E-state index is 12.2. The van der Waals surface area contributed by atoms with Crippen molar-refractivity contribution in [2.45, 2.75) is 0 Å². The van der Waals surface area contributed by atoms with Crippen LogP contribution in [0.15, 0.2) is 42.5 Å². The van der Waals surface area contributed by atoms with Gasteiger partial charge in [-0.25, -0.2) is 4.79 Å². The molecule has 24 heavy (non-hydrogen) atoms. The highest BCUT2D eigenvalue weighted by Crippen LogP contribution is 2.31. The third kappa shape index (κ3) is 3.32. The maximum Gasteiger partial charge on any atom is 0.338 e. The van der Waals surface area contributed by atoms with Crippen LogP contribution >= 0.6 is 0 Å². The van der Waals surface area contributed by atoms with E-state index in [-0.39, 0.29) is 12.4 Å². The van der Waals surface area contributed by atoms with Crippen molar-refractivity contribution in [2.24, 2.45) is 0 Å². The molecule has 0 bridgehead atoms. The average molecular weight is 328 g/mol. The SMILES string of the molecule is COc1ccccc1C(=O)COC(=O)c1ccc2c(c1)OCCO2. The molecule has 0 saturated carbocycles. The van der Waals surface area contributed by atoms with Gasteiger partial charge in [0.15, 0.2) is 18.1 Å². The van der Waals surface area contributed by atoms with E-state index in [0.717, 1.165) is 0 Å². The molecule has 3 rings (SSSR count). The van der Waals surface area contributed by atoms with Gasteiger partial charge in [-0.3, -0.25) is 4.79 Å². The average Bonchev–Trinajstić information content (AvgIpc) is 2.65. The van der Waals surface area contributed by atoms with Crippen molar-refractivity contribution < 1.29 is 28.5 Å². The summed E-state index contributed by atoms with van der Waals surface area (Å²) in [5.74, 6) is 0.584. The molecular formula is C18H16O6. The number of hydrogen-bond donors (Lipinski definition) is 0. The number of hydrogen-bond acceptors (Lipinski definition) is 6. The molecule has 1 aliphatic rings. The Morgan fingerprint density at radius 2 is 1.79 bits per heavy atom. The van der Waals surface area contributed by atoms with Gasteiger partial charge in [0, 0.05) is 0 Å². The molecule has 0 unspecified atom stereocenters. The van der Waals surface area contributed by atoms with Crippen molar-refractivity contribution in [1.82, 2.24) is 0 Å². The van der Waals surface area contributed by atoms with Crippen molar-refractivity contribution in [1.29, 1.82) is 0 Å². The fourth-order valence-electron chi connectivity index (χ4n) is 2.34. The first kappa shape index (κ1) is 15.9. The Morgan fingerprint density at radius 3 is 2.58 bits per heavy atom. The van der Waals surface area contributed by atoms with Gasteiger partial charge in [0.25, 0.3) is 0 Å². The molecule has 0 N–H and O–H groups in total. The van der Waals surface area contributed by atoms with Crippen molar-refractivity contribution in [2.75, 3.05) is 26.9 Å². The quantitative estimate of drug-likeness (QED) is 0.620. The monoisotopic (exact) mass is 328 g/mol. The summed E-state index contributed by atoms with van der Waals surface area (Å²) >= 11 is 0. The molecule has 124 valence electrons. The third-order valence-corrected chi connectivity index (χ3v) is 3.52. The molecule has 0 amide bonds. The number of benzene rings is 2. The van der Waals surface area contributed by atoms with E-state index in [9.17, 15) is 9.59 Å². The lowest BCUT2D eigenvalue weighted by molar-refractivity contribution is 0.0473. The van der Waals surface area contributed by atoms with Crippen LogP contribution in [0.2, 0.25) is 0 Å². The van der Waals surface area contributed by atoms with E-state index in [1.165, 1.54) is 7.11 Å². The van der Waals surface area contributed by atoms with E-state index in [1.54, 1.807) is 42.5 Å². The second kappa shape index (κ2) is 7.04. The molecule has 1 aliphatic heterocycles. The van der Waals surface area contributed by atoms with Crippen LogP contribution in [-0.4, -0.2) is 38.7 Å². The predicted molar refractivity (Wildman–Crippen MR) is 85.0 cm³/mol. The number of esters is 1. The van der Waals surface area contributed by atoms with Gasteiger partial charge in [-0.05, 0) is 30.3 Å². The third-order valence-electron chi connectivity index (χ3n) is 3.52. The molecule has 0 atom stereocenters. The molecule has 0 fully saturated rings. The highest BCUT2D eigenvalue weighted by atomic mass is 16.6. The first-order chi connectivity index (χ1) is 11.7. The van der Waals surface area contributed by atoms with Crippen molar-refractivity contribution >= 4 is 11.8 Å². The molecule has 0 aromatic heterocycles. The number of ether oxygens (including phenoxy) is 4. The number of para-hydroxylation sites is 1. The number of rotatable bonds is 5. The van der Waals surface area contributed by atoms with Gasteiger partial charge in [0.05, 0.1) is 18.2 Å². The van der Waals surface area contributed by atoms with Gasteiger partial charge < -0.3 is 18.9 Å². The standard InChI is InChI=1S/C18H16O6/c1-21-15-5-3-2-4-13(15)14(19)11-24-18(20)12-6-7-16-17(10-12)23-9-8-22-16/h2-7,10H,8-9,11H2,1H3. The van der Waals surface area contributed by atoms with E-state index in [0.29, 0.717) is 41.6 Å². The van der Waals surface area contributed by atoms with Crippen molar-refractivity contribution in [3.63, 3.8) is 0 Å². The molecule has 2 aromatic carbocycles. The van der Waals surface area contributed by atoms with E-state index in [1.807, 2.05) is 0 Å². The number of carbonyl (C=O) groups is 2. The number of Topliss-reactive ketones (excluding diaryl/α,β-unsaturated/α-hetero) is 1. The number of methoxy groups -OCH3 is 1. The Kier molecular flexibility index (Phi) is 4.65. The molecule has 0 saturated heterocycles. The van der Waals surface area contributed by atoms with Crippen LogP contribution in [-0.2, 0) is 4.74 Å². The summed E-state index contributed by atoms with van der Waals surface area (Å²) in [6.07, 6.45) is 0. The number of fused-ring (bicyclic) bond motifs is 1. The van der Waals surface area contributed by atoms with Crippen molar-refractivity contribution in [3.05, 3.63) is 53.6 Å². The number of ketones is 1. The van der Waals surface area contributed by atoms with Gasteiger partial charge in [-0.2, -0.15) is 0 Å². The second-order valence-electron chi connectivity index (χ2n) is 5.06. The summed E-state index contributed by atoms with van der Waals surface area (Å²) in [4.78, 5) is 24.3. The molecule has 2 aromatic rings. The Morgan fingerprint density at radius 1 is 1.04 bits per heavy atom. The number of carbonyl (C=O) groups excluding carboxylic acids is 2. The van der Waals surface area contributed by atoms with Crippen LogP contribution in [0.5, 0.6) is 17.2 Å². The molecule has 0 spiro atoms. The van der Waals surface area contributed by atoms with Gasteiger partial charge in [-0.15, -0.1) is 0 Å². The molecule has 1 heterocycles. The second-order valence-corrected chi connectivity index (χ2v) is 5.06. The molecule has 6 heteroatoms. The zero-order chi connectivity index (χ0) is 16.9. The minimum absolute atomic E-state index is 0.298. The van der Waals surface area contributed by atoms with E-state index in [2.05, 4.69) is 0 Å². The summed E-state index contributed by atoms with van der Waals surface area (Å²) in [5.41, 5.74) is 0.669. The Hall–Kier alpha value is -3.02. The normalized spacial score (nSPS) is 12.4. The maximum absolute atomic E-state index is 12.2. The van der Waals surface area contributed by atoms with Crippen molar-refractivity contribution in [3.8, 4) is 17.2 Å². The minimum atomic E-state index is -0.602. The van der Waals surface area contributed by atoms with Crippen LogP contribution in [0, 0.1) is 0 Å². The molecular weight excluding hydrogens is 312 g/mol. The van der Waals surface area contributed by atoms with Crippen LogP contribution in [0.3, 0.4) is 0 Å². The van der Waals surface area contributed by atoms with Crippen LogP contribution < -0.4 is 14.2 Å². The fraction of sp³-hybridized carbons (Fsp3) is 0.222. The van der Waals surface area contributed by atoms with Crippen LogP contribution in [0.1, 0.15) is 20.7 Å². The highest BCUT2D eigenvalue weighted by molar-refractivity contribution is 6.01. The van der Waals surface area contributed by atoms with Crippen LogP contribution in [0.25, 0.3) is 0 Å². The highest BCUT2D eigenvalue weighted by Gasteiger charge is 2.18. The first-order valence-electron chi connectivity index (χ1n) is 7.42. The Balaban J connectivity index is 1.66. The van der Waals surface area contributed by atoms with E-state index in [4.69, 9.17) is 18.9 Å². The summed E-state index contributed by atoms with van der Waals surface area (Å²) in [7, 11) is 1.48. The smallest absolute Gasteiger partial charge is 0.338 e. The molecule has 6 nitrogen and oxygen atoms in total. The summed E-state index contributed by atoms with van der Waals surface area (Å²) in [5, 5.41) is 0. The lowest BCUT2D eigenvalue weighted by Crippen LogP contribution is -2.17. The largest absolute Gasteiger partial charge is 0.496 e. The van der Waals surface area contributed by atoms with Gasteiger partial charge in [0.2, 0.25) is 5.78 Å². The van der Waals surface area contributed by atoms with Gasteiger partial charge in [0.1, 0.15) is 19.0 Å². The first-order valence-corrected chi connectivity index (χ1v) is 7.42. The molecule has 0 aliphatic carbocycles. The topological polar surface area (TPSA) is 71.1 Å². The summed E-state index contributed by atoms with van der Waals surface area (Å²) in [6, 6.07) is 11.5. The lowest BCUT2D eigenvalue weighted by Gasteiger charge is -2.18. The lowest BCUT2D eigenvalue weighted by atomic mass is 10.1. The minimum Gasteiger partial charge on any atom is -0.496 e. The Labute approximate surface area is 138 Å². The van der Waals surface area contributed by atoms with E-state index >= 15 is 0 Å². The van der Waals surface area contributed by atoms with Gasteiger partial charge >= 0.3 is 5.97 Å². The molecule has 0 radical (unpaired) electrons. The summed E-state index contributed by atoms with van der Waals surface area (Å²) in [6.45, 7) is 0.537. The van der Waals surface area contributed by atoms with Gasteiger partial charge in [-0.1, -0.05) is 12.1 Å². The van der Waals surface area contributed by atoms with E-state index < -0.39 is 5.97 Å².